The lowest BCUT2D eigenvalue weighted by Crippen LogP contribution is -2.00. The molecule has 0 atom stereocenters. The molecule has 1 heterocycles. The van der Waals surface area contributed by atoms with E-state index < -0.39 is 0 Å². The van der Waals surface area contributed by atoms with Crippen molar-refractivity contribution >= 4 is 39.2 Å². The number of halogens is 1. The van der Waals surface area contributed by atoms with E-state index in [2.05, 4.69) is 63.3 Å². The Bertz CT molecular complexity index is 572. The standard InChI is InChI=1S/C14H16BrN3S/c1-9(2)19-13-7-5-4-6-12(13)18-14-11(15)8-16-10(3)17-14/h4-9H,1-3H3,(H,16,17,18). The Morgan fingerprint density at radius 1 is 1.26 bits per heavy atom. The lowest BCUT2D eigenvalue weighted by Gasteiger charge is -2.13. The molecule has 0 aliphatic heterocycles. The number of nitrogens with zero attached hydrogens (tertiary/aromatic N) is 2. The Kier molecular flexibility index (Phi) is 4.82. The van der Waals surface area contributed by atoms with E-state index >= 15 is 0 Å². The van der Waals surface area contributed by atoms with Gasteiger partial charge in [-0.15, -0.1) is 11.8 Å². The highest BCUT2D eigenvalue weighted by Gasteiger charge is 2.08. The molecule has 0 bridgehead atoms. The minimum absolute atomic E-state index is 0.540. The van der Waals surface area contributed by atoms with Gasteiger partial charge < -0.3 is 5.32 Å². The highest BCUT2D eigenvalue weighted by molar-refractivity contribution is 9.10. The smallest absolute Gasteiger partial charge is 0.148 e. The first kappa shape index (κ1) is 14.3. The van der Waals surface area contributed by atoms with E-state index in [1.165, 1.54) is 4.90 Å². The van der Waals surface area contributed by atoms with Crippen LogP contribution in [0.3, 0.4) is 0 Å². The molecule has 19 heavy (non-hydrogen) atoms. The molecule has 1 aromatic heterocycles. The first-order valence-electron chi connectivity index (χ1n) is 6.08. The highest BCUT2D eigenvalue weighted by Crippen LogP contribution is 2.33. The van der Waals surface area contributed by atoms with Gasteiger partial charge in [-0.25, -0.2) is 9.97 Å². The molecule has 1 aromatic carbocycles. The van der Waals surface area contributed by atoms with Gasteiger partial charge in [0.15, 0.2) is 0 Å². The average Bonchev–Trinajstić information content (AvgIpc) is 2.35. The number of hydrogen-bond donors (Lipinski definition) is 1. The molecular weight excluding hydrogens is 322 g/mol. The molecule has 1 N–H and O–H groups in total. The lowest BCUT2D eigenvalue weighted by atomic mass is 10.3. The fourth-order valence-electron chi connectivity index (χ4n) is 1.60. The molecule has 0 aliphatic rings. The lowest BCUT2D eigenvalue weighted by molar-refractivity contribution is 1.04. The number of para-hydroxylation sites is 1. The molecule has 0 aliphatic carbocycles. The SMILES string of the molecule is Cc1ncc(Br)c(Nc2ccccc2SC(C)C)n1. The Morgan fingerprint density at radius 3 is 2.74 bits per heavy atom. The number of thioether (sulfide) groups is 1. The van der Waals surface area contributed by atoms with Crippen LogP contribution in [0.1, 0.15) is 19.7 Å². The quantitative estimate of drug-likeness (QED) is 0.813. The van der Waals surface area contributed by atoms with Gasteiger partial charge >= 0.3 is 0 Å². The molecule has 0 saturated heterocycles. The van der Waals surface area contributed by atoms with Gasteiger partial charge in [-0.05, 0) is 35.0 Å². The fourth-order valence-corrected chi connectivity index (χ4v) is 2.80. The average molecular weight is 338 g/mol. The molecule has 0 amide bonds. The van der Waals surface area contributed by atoms with Crippen molar-refractivity contribution in [2.75, 3.05) is 5.32 Å². The first-order chi connectivity index (χ1) is 9.06. The van der Waals surface area contributed by atoms with Gasteiger partial charge in [-0.3, -0.25) is 0 Å². The van der Waals surface area contributed by atoms with Crippen molar-refractivity contribution in [1.29, 1.82) is 0 Å². The van der Waals surface area contributed by atoms with Crippen LogP contribution in [0.25, 0.3) is 0 Å². The van der Waals surface area contributed by atoms with Crippen LogP contribution in [0.5, 0.6) is 0 Å². The summed E-state index contributed by atoms with van der Waals surface area (Å²) >= 11 is 5.30. The van der Waals surface area contributed by atoms with E-state index in [1.807, 2.05) is 24.8 Å². The number of hydrogen-bond acceptors (Lipinski definition) is 4. The van der Waals surface area contributed by atoms with Gasteiger partial charge in [0.1, 0.15) is 11.6 Å². The Balaban J connectivity index is 2.30. The summed E-state index contributed by atoms with van der Waals surface area (Å²) in [5, 5.41) is 3.91. The topological polar surface area (TPSA) is 37.8 Å². The van der Waals surface area contributed by atoms with Crippen LogP contribution in [0.15, 0.2) is 39.8 Å². The maximum atomic E-state index is 4.41. The zero-order valence-electron chi connectivity index (χ0n) is 11.1. The van der Waals surface area contributed by atoms with E-state index in [4.69, 9.17) is 0 Å². The van der Waals surface area contributed by atoms with E-state index in [0.29, 0.717) is 5.25 Å². The van der Waals surface area contributed by atoms with Crippen LogP contribution < -0.4 is 5.32 Å². The summed E-state index contributed by atoms with van der Waals surface area (Å²) in [4.78, 5) is 9.78. The molecule has 100 valence electrons. The number of aryl methyl sites for hydroxylation is 1. The number of anilines is 2. The predicted molar refractivity (Wildman–Crippen MR) is 85.2 cm³/mol. The summed E-state index contributed by atoms with van der Waals surface area (Å²) in [6.45, 7) is 6.25. The zero-order valence-corrected chi connectivity index (χ0v) is 13.5. The van der Waals surface area contributed by atoms with Crippen LogP contribution in [0.2, 0.25) is 0 Å². The van der Waals surface area contributed by atoms with Crippen molar-refractivity contribution in [2.45, 2.75) is 30.9 Å². The molecule has 3 nitrogen and oxygen atoms in total. The largest absolute Gasteiger partial charge is 0.338 e. The summed E-state index contributed by atoms with van der Waals surface area (Å²) < 4.78 is 0.863. The maximum absolute atomic E-state index is 4.41. The number of rotatable bonds is 4. The Labute approximate surface area is 126 Å². The normalized spacial score (nSPS) is 10.8. The van der Waals surface area contributed by atoms with Crippen LogP contribution in [-0.4, -0.2) is 15.2 Å². The van der Waals surface area contributed by atoms with Crippen molar-refractivity contribution in [3.8, 4) is 0 Å². The van der Waals surface area contributed by atoms with E-state index in [9.17, 15) is 0 Å². The molecule has 0 spiro atoms. The molecule has 0 saturated carbocycles. The Morgan fingerprint density at radius 2 is 2.00 bits per heavy atom. The molecule has 2 rings (SSSR count). The highest BCUT2D eigenvalue weighted by atomic mass is 79.9. The molecule has 5 heteroatoms. The second-order valence-electron chi connectivity index (χ2n) is 4.40. The minimum atomic E-state index is 0.540. The van der Waals surface area contributed by atoms with Crippen LogP contribution in [-0.2, 0) is 0 Å². The number of benzene rings is 1. The van der Waals surface area contributed by atoms with Gasteiger partial charge in [0, 0.05) is 16.3 Å². The molecular formula is C14H16BrN3S. The first-order valence-corrected chi connectivity index (χ1v) is 7.75. The molecule has 0 unspecified atom stereocenters. The van der Waals surface area contributed by atoms with Gasteiger partial charge in [0.05, 0.1) is 10.2 Å². The molecule has 0 radical (unpaired) electrons. The third-order valence-corrected chi connectivity index (χ3v) is 4.03. The Hall–Kier alpha value is -1.07. The third kappa shape index (κ3) is 3.94. The van der Waals surface area contributed by atoms with E-state index in [0.717, 1.165) is 21.8 Å². The van der Waals surface area contributed by atoms with Gasteiger partial charge in [-0.2, -0.15) is 0 Å². The van der Waals surface area contributed by atoms with E-state index in [1.54, 1.807) is 6.20 Å². The van der Waals surface area contributed by atoms with Gasteiger partial charge in [0.25, 0.3) is 0 Å². The summed E-state index contributed by atoms with van der Waals surface area (Å²) in [6.07, 6.45) is 1.77. The fraction of sp³-hybridized carbons (Fsp3) is 0.286. The number of nitrogens with one attached hydrogen (secondary N) is 1. The second kappa shape index (κ2) is 6.39. The maximum Gasteiger partial charge on any atom is 0.148 e. The van der Waals surface area contributed by atoms with Crippen molar-refractivity contribution in [2.24, 2.45) is 0 Å². The molecule has 2 aromatic rings. The summed E-state index contributed by atoms with van der Waals surface area (Å²) in [6, 6.07) is 8.26. The summed E-state index contributed by atoms with van der Waals surface area (Å²) in [5.41, 5.74) is 1.07. The minimum Gasteiger partial charge on any atom is -0.338 e. The monoisotopic (exact) mass is 337 g/mol. The van der Waals surface area contributed by atoms with Gasteiger partial charge in [-0.1, -0.05) is 26.0 Å². The summed E-state index contributed by atoms with van der Waals surface area (Å²) in [7, 11) is 0. The van der Waals surface area contributed by atoms with E-state index in [-0.39, 0.29) is 0 Å². The molecule has 0 fully saturated rings. The van der Waals surface area contributed by atoms with Gasteiger partial charge in [0.2, 0.25) is 0 Å². The van der Waals surface area contributed by atoms with Crippen molar-refractivity contribution < 1.29 is 0 Å². The summed E-state index contributed by atoms with van der Waals surface area (Å²) in [5.74, 6) is 1.55. The van der Waals surface area contributed by atoms with Crippen molar-refractivity contribution in [3.05, 3.63) is 40.8 Å². The van der Waals surface area contributed by atoms with Crippen LogP contribution >= 0.6 is 27.7 Å². The zero-order chi connectivity index (χ0) is 13.8. The van der Waals surface area contributed by atoms with Crippen molar-refractivity contribution in [3.63, 3.8) is 0 Å². The second-order valence-corrected chi connectivity index (χ2v) is 6.87. The number of aromatic nitrogens is 2. The van der Waals surface area contributed by atoms with Crippen molar-refractivity contribution in [1.82, 2.24) is 9.97 Å². The third-order valence-electron chi connectivity index (χ3n) is 2.37. The predicted octanol–water partition coefficient (Wildman–Crippen LogP) is 4.79. The van der Waals surface area contributed by atoms with Crippen LogP contribution in [0.4, 0.5) is 11.5 Å². The van der Waals surface area contributed by atoms with Crippen LogP contribution in [0, 0.1) is 6.92 Å².